The standard InChI is InChI=1S/C16H24N2O/c1-2-16(19)10-13-18(12-7-6-11-17)14-15-8-4-3-5-9-15/h3-5,8-9,16,19H,2,6-7,10,12-14H2,1H3. The lowest BCUT2D eigenvalue weighted by atomic mass is 10.1. The van der Waals surface area contributed by atoms with Gasteiger partial charge in [0.05, 0.1) is 12.2 Å². The van der Waals surface area contributed by atoms with Crippen LogP contribution in [0, 0.1) is 11.3 Å². The first-order valence-electron chi connectivity index (χ1n) is 7.07. The molecule has 3 nitrogen and oxygen atoms in total. The van der Waals surface area contributed by atoms with Gasteiger partial charge in [0, 0.05) is 19.5 Å². The third-order valence-corrected chi connectivity index (χ3v) is 3.26. The number of nitrogens with zero attached hydrogens (tertiary/aromatic N) is 2. The summed E-state index contributed by atoms with van der Waals surface area (Å²) in [6.45, 7) is 4.69. The minimum absolute atomic E-state index is 0.214. The number of benzene rings is 1. The second-order valence-corrected chi connectivity index (χ2v) is 4.87. The normalized spacial score (nSPS) is 12.3. The molecule has 19 heavy (non-hydrogen) atoms. The Labute approximate surface area is 116 Å². The predicted molar refractivity (Wildman–Crippen MR) is 77.5 cm³/mol. The monoisotopic (exact) mass is 260 g/mol. The molecule has 0 heterocycles. The fourth-order valence-electron chi connectivity index (χ4n) is 2.03. The molecule has 0 saturated heterocycles. The number of nitriles is 1. The first-order chi connectivity index (χ1) is 9.26. The van der Waals surface area contributed by atoms with Crippen molar-refractivity contribution < 1.29 is 5.11 Å². The van der Waals surface area contributed by atoms with Crippen LogP contribution < -0.4 is 0 Å². The molecule has 0 bridgehead atoms. The Morgan fingerprint density at radius 2 is 2.00 bits per heavy atom. The fourth-order valence-corrected chi connectivity index (χ4v) is 2.03. The molecule has 0 spiro atoms. The second kappa shape index (κ2) is 9.55. The lowest BCUT2D eigenvalue weighted by Gasteiger charge is -2.23. The van der Waals surface area contributed by atoms with E-state index in [2.05, 4.69) is 23.1 Å². The molecule has 104 valence electrons. The molecular weight excluding hydrogens is 236 g/mol. The summed E-state index contributed by atoms with van der Waals surface area (Å²) < 4.78 is 0. The van der Waals surface area contributed by atoms with Gasteiger partial charge in [-0.15, -0.1) is 0 Å². The zero-order valence-electron chi connectivity index (χ0n) is 11.8. The van der Waals surface area contributed by atoms with Crippen LogP contribution in [0.1, 0.15) is 38.2 Å². The molecule has 0 radical (unpaired) electrons. The summed E-state index contributed by atoms with van der Waals surface area (Å²) in [5.41, 5.74) is 1.28. The lowest BCUT2D eigenvalue weighted by Crippen LogP contribution is -2.28. The van der Waals surface area contributed by atoms with Crippen molar-refractivity contribution in [1.29, 1.82) is 5.26 Å². The summed E-state index contributed by atoms with van der Waals surface area (Å²) in [4.78, 5) is 2.32. The average Bonchev–Trinajstić information content (AvgIpc) is 2.45. The summed E-state index contributed by atoms with van der Waals surface area (Å²) in [5, 5.41) is 18.3. The maximum absolute atomic E-state index is 9.67. The zero-order chi connectivity index (χ0) is 13.9. The van der Waals surface area contributed by atoms with Gasteiger partial charge in [-0.25, -0.2) is 0 Å². The van der Waals surface area contributed by atoms with Gasteiger partial charge in [-0.05, 0) is 31.4 Å². The number of aliphatic hydroxyl groups is 1. The molecule has 0 aromatic heterocycles. The molecule has 0 aliphatic rings. The number of hydrogen-bond donors (Lipinski definition) is 1. The van der Waals surface area contributed by atoms with Crippen molar-refractivity contribution in [3.8, 4) is 6.07 Å². The molecule has 0 amide bonds. The molecule has 3 heteroatoms. The molecule has 1 unspecified atom stereocenters. The van der Waals surface area contributed by atoms with Gasteiger partial charge in [-0.3, -0.25) is 4.90 Å². The molecule has 1 atom stereocenters. The number of hydrogen-bond acceptors (Lipinski definition) is 3. The van der Waals surface area contributed by atoms with Gasteiger partial charge in [0.1, 0.15) is 0 Å². The van der Waals surface area contributed by atoms with E-state index < -0.39 is 0 Å². The van der Waals surface area contributed by atoms with E-state index in [1.807, 2.05) is 25.1 Å². The van der Waals surface area contributed by atoms with Crippen LogP contribution in [0.5, 0.6) is 0 Å². The Hall–Kier alpha value is -1.37. The Bertz CT molecular complexity index is 372. The van der Waals surface area contributed by atoms with Crippen LogP contribution in [0.3, 0.4) is 0 Å². The number of rotatable bonds is 9. The Kier molecular flexibility index (Phi) is 7.88. The molecule has 1 aromatic carbocycles. The zero-order valence-corrected chi connectivity index (χ0v) is 11.8. The van der Waals surface area contributed by atoms with Crippen molar-refractivity contribution in [3.05, 3.63) is 35.9 Å². The minimum Gasteiger partial charge on any atom is -0.393 e. The highest BCUT2D eigenvalue weighted by Crippen LogP contribution is 2.08. The van der Waals surface area contributed by atoms with Gasteiger partial charge in [0.2, 0.25) is 0 Å². The van der Waals surface area contributed by atoms with E-state index in [-0.39, 0.29) is 6.10 Å². The maximum atomic E-state index is 9.67. The van der Waals surface area contributed by atoms with Crippen LogP contribution in [0.4, 0.5) is 0 Å². The van der Waals surface area contributed by atoms with Gasteiger partial charge in [0.25, 0.3) is 0 Å². The summed E-state index contributed by atoms with van der Waals surface area (Å²) in [6.07, 6.45) is 2.88. The molecule has 0 aliphatic heterocycles. The number of aliphatic hydroxyl groups excluding tert-OH is 1. The van der Waals surface area contributed by atoms with E-state index in [0.29, 0.717) is 6.42 Å². The highest BCUT2D eigenvalue weighted by Gasteiger charge is 2.08. The average molecular weight is 260 g/mol. The van der Waals surface area contributed by atoms with Crippen molar-refractivity contribution in [2.24, 2.45) is 0 Å². The van der Waals surface area contributed by atoms with Crippen molar-refractivity contribution in [2.45, 2.75) is 45.3 Å². The Morgan fingerprint density at radius 3 is 2.63 bits per heavy atom. The quantitative estimate of drug-likeness (QED) is 0.694. The van der Waals surface area contributed by atoms with Gasteiger partial charge in [-0.1, -0.05) is 37.3 Å². The Morgan fingerprint density at radius 1 is 1.26 bits per heavy atom. The van der Waals surface area contributed by atoms with Gasteiger partial charge in [0.15, 0.2) is 0 Å². The summed E-state index contributed by atoms with van der Waals surface area (Å²) >= 11 is 0. The predicted octanol–water partition coefficient (Wildman–Crippen LogP) is 2.95. The molecule has 1 rings (SSSR count). The van der Waals surface area contributed by atoms with Crippen LogP contribution in [-0.4, -0.2) is 29.2 Å². The van der Waals surface area contributed by atoms with Crippen molar-refractivity contribution >= 4 is 0 Å². The van der Waals surface area contributed by atoms with Gasteiger partial charge >= 0.3 is 0 Å². The summed E-state index contributed by atoms with van der Waals surface area (Å²) in [6, 6.07) is 12.5. The topological polar surface area (TPSA) is 47.3 Å². The van der Waals surface area contributed by atoms with Gasteiger partial charge < -0.3 is 5.11 Å². The van der Waals surface area contributed by atoms with Crippen LogP contribution in [0.25, 0.3) is 0 Å². The van der Waals surface area contributed by atoms with Gasteiger partial charge in [-0.2, -0.15) is 5.26 Å². The summed E-state index contributed by atoms with van der Waals surface area (Å²) in [5.74, 6) is 0. The van der Waals surface area contributed by atoms with Crippen molar-refractivity contribution in [1.82, 2.24) is 4.90 Å². The SMILES string of the molecule is CCC(O)CCN(CCCC#N)Cc1ccccc1. The molecule has 0 fully saturated rings. The van der Waals surface area contributed by atoms with Crippen molar-refractivity contribution in [2.75, 3.05) is 13.1 Å². The van der Waals surface area contributed by atoms with Crippen LogP contribution in [0.15, 0.2) is 30.3 Å². The van der Waals surface area contributed by atoms with Crippen LogP contribution in [-0.2, 0) is 6.54 Å². The van der Waals surface area contributed by atoms with E-state index in [9.17, 15) is 5.11 Å². The molecule has 1 aromatic rings. The summed E-state index contributed by atoms with van der Waals surface area (Å²) in [7, 11) is 0. The van der Waals surface area contributed by atoms with E-state index >= 15 is 0 Å². The van der Waals surface area contributed by atoms with Crippen LogP contribution >= 0.6 is 0 Å². The van der Waals surface area contributed by atoms with Crippen LogP contribution in [0.2, 0.25) is 0 Å². The largest absolute Gasteiger partial charge is 0.393 e. The van der Waals surface area contributed by atoms with E-state index in [1.165, 1.54) is 5.56 Å². The van der Waals surface area contributed by atoms with E-state index in [1.54, 1.807) is 0 Å². The molecule has 1 N–H and O–H groups in total. The highest BCUT2D eigenvalue weighted by atomic mass is 16.3. The molecule has 0 aliphatic carbocycles. The maximum Gasteiger partial charge on any atom is 0.0622 e. The third kappa shape index (κ3) is 6.95. The first kappa shape index (κ1) is 15.7. The lowest BCUT2D eigenvalue weighted by molar-refractivity contribution is 0.134. The first-order valence-corrected chi connectivity index (χ1v) is 7.07. The van der Waals surface area contributed by atoms with E-state index in [4.69, 9.17) is 5.26 Å². The van der Waals surface area contributed by atoms with E-state index in [0.717, 1.165) is 38.9 Å². The highest BCUT2D eigenvalue weighted by molar-refractivity contribution is 5.14. The van der Waals surface area contributed by atoms with Crippen molar-refractivity contribution in [3.63, 3.8) is 0 Å². The fraction of sp³-hybridized carbons (Fsp3) is 0.562. The third-order valence-electron chi connectivity index (χ3n) is 3.26. The molecular formula is C16H24N2O. The molecule has 0 saturated carbocycles. The number of unbranched alkanes of at least 4 members (excludes halogenated alkanes) is 1. The second-order valence-electron chi connectivity index (χ2n) is 4.87. The Balaban J connectivity index is 2.46. The minimum atomic E-state index is -0.214. The smallest absolute Gasteiger partial charge is 0.0622 e.